The van der Waals surface area contributed by atoms with E-state index >= 15 is 0 Å². The number of carbonyl (C=O) groups is 7. The van der Waals surface area contributed by atoms with Crippen molar-refractivity contribution in [2.24, 2.45) is 22.2 Å². The second-order valence-electron chi connectivity index (χ2n) is 16.5. The number of nitrogens with zero attached hydrogens (tertiary/aromatic N) is 2. The van der Waals surface area contributed by atoms with Crippen molar-refractivity contribution in [2.45, 2.75) is 125 Å². The van der Waals surface area contributed by atoms with Crippen LogP contribution in [0, 0.1) is 22.2 Å². The van der Waals surface area contributed by atoms with Crippen LogP contribution < -0.4 is 21.3 Å². The molecule has 4 atom stereocenters. The lowest BCUT2D eigenvalue weighted by molar-refractivity contribution is -0.153. The third-order valence-corrected chi connectivity index (χ3v) is 9.33. The molecule has 2 aliphatic heterocycles. The minimum Gasteiger partial charge on any atom is -0.346 e. The van der Waals surface area contributed by atoms with Crippen LogP contribution in [0.4, 0.5) is 4.79 Å². The predicted molar refractivity (Wildman–Crippen MR) is 180 cm³/mol. The lowest BCUT2D eigenvalue weighted by atomic mass is 9.80. The van der Waals surface area contributed by atoms with E-state index in [4.69, 9.17) is 0 Å². The van der Waals surface area contributed by atoms with Gasteiger partial charge in [0.25, 0.3) is 5.91 Å². The number of carbonyl (C=O) groups excluding carboxylic acids is 7. The van der Waals surface area contributed by atoms with E-state index < -0.39 is 69.9 Å². The molecule has 0 aromatic heterocycles. The predicted octanol–water partition coefficient (Wildman–Crippen LogP) is 2.44. The van der Waals surface area contributed by atoms with Crippen LogP contribution in [0.2, 0.25) is 0 Å². The Bertz CT molecular complexity index is 1270. The van der Waals surface area contributed by atoms with E-state index in [0.29, 0.717) is 19.3 Å². The maximum atomic E-state index is 14.1. The fourth-order valence-electron chi connectivity index (χ4n) is 6.18. The molecule has 1 aliphatic carbocycles. The third kappa shape index (κ3) is 10.4. The summed E-state index contributed by atoms with van der Waals surface area (Å²) >= 11 is 0. The van der Waals surface area contributed by atoms with Gasteiger partial charge in [-0.15, -0.1) is 6.58 Å². The third-order valence-electron chi connectivity index (χ3n) is 9.33. The topological polar surface area (TPSA) is 174 Å². The number of Topliss-reactive ketones (excluding diaryl/α,β-unsaturated/α-hetero) is 1. The van der Waals surface area contributed by atoms with Crippen molar-refractivity contribution in [1.29, 1.82) is 0 Å². The van der Waals surface area contributed by atoms with Crippen LogP contribution >= 0.6 is 0 Å². The van der Waals surface area contributed by atoms with Gasteiger partial charge in [-0.1, -0.05) is 74.3 Å². The highest BCUT2D eigenvalue weighted by Crippen LogP contribution is 2.34. The first-order valence-corrected chi connectivity index (χ1v) is 17.1. The number of hydrogen-bond acceptors (Lipinski definition) is 7. The van der Waals surface area contributed by atoms with Crippen LogP contribution in [0.25, 0.3) is 0 Å². The summed E-state index contributed by atoms with van der Waals surface area (Å²) in [6, 6.07) is -4.16. The summed E-state index contributed by atoms with van der Waals surface area (Å²) in [7, 11) is 0. The number of rotatable bonds is 13. The van der Waals surface area contributed by atoms with Crippen molar-refractivity contribution in [3.63, 3.8) is 0 Å². The van der Waals surface area contributed by atoms with Crippen molar-refractivity contribution in [2.75, 3.05) is 19.6 Å². The number of piperidine rings is 1. The molecule has 268 valence electrons. The smallest absolute Gasteiger partial charge is 0.315 e. The van der Waals surface area contributed by atoms with E-state index in [1.807, 2.05) is 34.6 Å². The Balaban J connectivity index is 1.73. The number of imide groups is 1. The average Bonchev–Trinajstić information content (AvgIpc) is 3.63. The highest BCUT2D eigenvalue weighted by atomic mass is 16.2. The fourth-order valence-corrected chi connectivity index (χ4v) is 6.18. The van der Waals surface area contributed by atoms with Crippen LogP contribution in [0.3, 0.4) is 0 Å². The molecule has 1 saturated carbocycles. The summed E-state index contributed by atoms with van der Waals surface area (Å²) in [5.41, 5.74) is -1.72. The minimum atomic E-state index is -1.03. The van der Waals surface area contributed by atoms with E-state index in [1.165, 1.54) is 15.9 Å². The number of urea groups is 1. The molecule has 0 radical (unpaired) electrons. The van der Waals surface area contributed by atoms with Gasteiger partial charge < -0.3 is 26.2 Å². The number of likely N-dealkylation sites (tertiary alicyclic amines) is 2. The second kappa shape index (κ2) is 15.2. The van der Waals surface area contributed by atoms with Crippen molar-refractivity contribution >= 4 is 41.4 Å². The van der Waals surface area contributed by atoms with Crippen LogP contribution in [0.15, 0.2) is 12.7 Å². The Kier molecular flexibility index (Phi) is 12.2. The first kappa shape index (κ1) is 38.7. The standard InChI is InChI=1S/C35H56N6O7/c1-10-15-36-30(46)27(44)22(17-21-13-14-21)37-29(45)23-12-11-16-40(23)31(47)28(34(5,6)7)39-32(48)38-24(33(2,3)4)20-41-25(42)18-35(8,9)19-26(41)43/h10,21-24,28H,1,11-20H2,2-9H3,(H,36,46)(H,37,45)(H2,38,39,48)/t22?,23-,24+,28+/m0/s1. The maximum Gasteiger partial charge on any atom is 0.315 e. The lowest BCUT2D eigenvalue weighted by Gasteiger charge is -2.40. The summed E-state index contributed by atoms with van der Waals surface area (Å²) < 4.78 is 0. The van der Waals surface area contributed by atoms with E-state index in [2.05, 4.69) is 27.8 Å². The van der Waals surface area contributed by atoms with Gasteiger partial charge in [-0.25, -0.2) is 4.79 Å². The number of ketones is 1. The van der Waals surface area contributed by atoms with Gasteiger partial charge in [0.2, 0.25) is 29.4 Å². The van der Waals surface area contributed by atoms with Crippen molar-refractivity contribution in [3.8, 4) is 0 Å². The summed E-state index contributed by atoms with van der Waals surface area (Å²) in [5.74, 6) is -2.81. The average molecular weight is 673 g/mol. The Morgan fingerprint density at radius 1 is 0.917 bits per heavy atom. The molecule has 4 N–H and O–H groups in total. The van der Waals surface area contributed by atoms with E-state index in [9.17, 15) is 33.6 Å². The second-order valence-corrected chi connectivity index (χ2v) is 16.5. The number of nitrogens with one attached hydrogen (secondary N) is 4. The molecule has 1 unspecified atom stereocenters. The van der Waals surface area contributed by atoms with Gasteiger partial charge in [-0.2, -0.15) is 0 Å². The lowest BCUT2D eigenvalue weighted by Crippen LogP contribution is -2.62. The molecule has 3 rings (SSSR count). The summed E-state index contributed by atoms with van der Waals surface area (Å²) in [4.78, 5) is 95.0. The Hall–Kier alpha value is -3.77. The molecular weight excluding hydrogens is 616 g/mol. The Labute approximate surface area is 284 Å². The molecule has 7 amide bonds. The van der Waals surface area contributed by atoms with Gasteiger partial charge in [-0.3, -0.25) is 33.7 Å². The summed E-state index contributed by atoms with van der Waals surface area (Å²) in [5, 5.41) is 11.0. The van der Waals surface area contributed by atoms with Gasteiger partial charge in [-0.05, 0) is 41.4 Å². The van der Waals surface area contributed by atoms with E-state index in [0.717, 1.165) is 12.8 Å². The monoisotopic (exact) mass is 672 g/mol. The van der Waals surface area contributed by atoms with Gasteiger partial charge in [0.1, 0.15) is 12.1 Å². The first-order valence-electron chi connectivity index (χ1n) is 17.1. The van der Waals surface area contributed by atoms with Gasteiger partial charge in [0, 0.05) is 32.5 Å². The highest BCUT2D eigenvalue weighted by molar-refractivity contribution is 6.38. The van der Waals surface area contributed by atoms with Gasteiger partial charge in [0.05, 0.1) is 12.1 Å². The van der Waals surface area contributed by atoms with Crippen LogP contribution in [-0.4, -0.2) is 95.0 Å². The first-order chi connectivity index (χ1) is 22.1. The number of hydrogen-bond donors (Lipinski definition) is 4. The van der Waals surface area contributed by atoms with Gasteiger partial charge in [0.15, 0.2) is 0 Å². The van der Waals surface area contributed by atoms with Crippen molar-refractivity contribution in [1.82, 2.24) is 31.1 Å². The molecule has 13 heteroatoms. The van der Waals surface area contributed by atoms with Gasteiger partial charge >= 0.3 is 6.03 Å². The normalized spacial score (nSPS) is 21.5. The molecule has 0 bridgehead atoms. The SMILES string of the molecule is C=CCNC(=O)C(=O)C(CC1CC1)NC(=O)[C@@H]1CCCN1C(=O)[C@@H](NC(=O)N[C@H](CN1C(=O)CC(C)(C)CC1=O)C(C)(C)C)C(C)(C)C. The van der Waals surface area contributed by atoms with Crippen molar-refractivity contribution in [3.05, 3.63) is 12.7 Å². The molecule has 0 spiro atoms. The summed E-state index contributed by atoms with van der Waals surface area (Å²) in [6.07, 6.45) is 5.02. The Morgan fingerprint density at radius 3 is 2.04 bits per heavy atom. The molecule has 2 saturated heterocycles. The van der Waals surface area contributed by atoms with Crippen LogP contribution in [0.1, 0.15) is 100 Å². The van der Waals surface area contributed by atoms with E-state index in [1.54, 1.807) is 20.8 Å². The number of amides is 7. The van der Waals surface area contributed by atoms with E-state index in [-0.39, 0.29) is 50.2 Å². The highest BCUT2D eigenvalue weighted by Gasteiger charge is 2.44. The molecule has 0 aromatic carbocycles. The molecular formula is C35H56N6O7. The van der Waals surface area contributed by atoms with Crippen LogP contribution in [-0.2, 0) is 28.8 Å². The molecule has 48 heavy (non-hydrogen) atoms. The maximum absolute atomic E-state index is 14.1. The van der Waals surface area contributed by atoms with Crippen molar-refractivity contribution < 1.29 is 33.6 Å². The Morgan fingerprint density at radius 2 is 1.52 bits per heavy atom. The minimum absolute atomic E-state index is 0.000472. The molecule has 3 aliphatic rings. The fraction of sp³-hybridized carbons (Fsp3) is 0.743. The molecule has 3 fully saturated rings. The molecule has 2 heterocycles. The summed E-state index contributed by atoms with van der Waals surface area (Å²) in [6.45, 7) is 18.8. The largest absolute Gasteiger partial charge is 0.346 e. The molecule has 0 aromatic rings. The zero-order chi connectivity index (χ0) is 36.2. The van der Waals surface area contributed by atoms with Crippen LogP contribution in [0.5, 0.6) is 0 Å². The zero-order valence-electron chi connectivity index (χ0n) is 30.0. The molecule has 13 nitrogen and oxygen atoms in total. The zero-order valence-corrected chi connectivity index (χ0v) is 30.0. The quantitative estimate of drug-likeness (QED) is 0.132.